The van der Waals surface area contributed by atoms with Gasteiger partial charge in [-0.3, -0.25) is 9.59 Å². The Balaban J connectivity index is 2.84. The molecule has 0 aliphatic rings. The number of rotatable bonds is 6. The van der Waals surface area contributed by atoms with Gasteiger partial charge in [0.25, 0.3) is 5.91 Å². The van der Waals surface area contributed by atoms with Crippen LogP contribution in [0.15, 0.2) is 23.1 Å². The predicted molar refractivity (Wildman–Crippen MR) is 76.4 cm³/mol. The van der Waals surface area contributed by atoms with Gasteiger partial charge < -0.3 is 14.8 Å². The van der Waals surface area contributed by atoms with Crippen LogP contribution < -0.4 is 5.56 Å². The smallest absolute Gasteiger partial charge is 0.254 e. The first-order chi connectivity index (χ1) is 8.90. The third-order valence-electron chi connectivity index (χ3n) is 2.71. The molecule has 5 heteroatoms. The van der Waals surface area contributed by atoms with Gasteiger partial charge in [0.05, 0.1) is 0 Å². The molecule has 5 nitrogen and oxygen atoms in total. The number of amides is 1. The molecule has 0 aliphatic carbocycles. The van der Waals surface area contributed by atoms with E-state index < -0.39 is 0 Å². The highest BCUT2D eigenvalue weighted by atomic mass is 16.2. The molecule has 0 aromatic carbocycles. The lowest BCUT2D eigenvalue weighted by atomic mass is 10.1. The van der Waals surface area contributed by atoms with E-state index >= 15 is 0 Å². The van der Waals surface area contributed by atoms with E-state index in [1.807, 2.05) is 19.0 Å². The third kappa shape index (κ3) is 5.26. The van der Waals surface area contributed by atoms with Crippen LogP contribution in [-0.2, 0) is 0 Å². The summed E-state index contributed by atoms with van der Waals surface area (Å²) in [4.78, 5) is 30.0. The molecular formula is C14H23N3O2. The summed E-state index contributed by atoms with van der Waals surface area (Å²) >= 11 is 0. The van der Waals surface area contributed by atoms with Crippen molar-refractivity contribution in [3.63, 3.8) is 0 Å². The summed E-state index contributed by atoms with van der Waals surface area (Å²) in [5.74, 6) is 0.315. The van der Waals surface area contributed by atoms with Crippen LogP contribution in [0, 0.1) is 5.92 Å². The summed E-state index contributed by atoms with van der Waals surface area (Å²) < 4.78 is 0. The Morgan fingerprint density at radius 2 is 2.00 bits per heavy atom. The number of hydrogen-bond donors (Lipinski definition) is 1. The molecule has 0 fully saturated rings. The fourth-order valence-corrected chi connectivity index (χ4v) is 1.80. The van der Waals surface area contributed by atoms with Crippen LogP contribution in [0.25, 0.3) is 0 Å². The van der Waals surface area contributed by atoms with E-state index in [1.54, 1.807) is 11.0 Å². The van der Waals surface area contributed by atoms with Crippen molar-refractivity contribution < 1.29 is 4.79 Å². The van der Waals surface area contributed by atoms with Crippen LogP contribution in [0.3, 0.4) is 0 Å². The van der Waals surface area contributed by atoms with Crippen molar-refractivity contribution in [2.75, 3.05) is 33.7 Å². The van der Waals surface area contributed by atoms with Crippen molar-refractivity contribution in [1.29, 1.82) is 0 Å². The molecule has 0 atom stereocenters. The van der Waals surface area contributed by atoms with Crippen LogP contribution in [0.1, 0.15) is 24.2 Å². The molecule has 0 aliphatic heterocycles. The molecule has 1 aromatic rings. The molecule has 0 spiro atoms. The van der Waals surface area contributed by atoms with E-state index in [0.717, 1.165) is 6.54 Å². The minimum Gasteiger partial charge on any atom is -0.337 e. The van der Waals surface area contributed by atoms with Gasteiger partial charge in [0.1, 0.15) is 0 Å². The van der Waals surface area contributed by atoms with Crippen LogP contribution in [0.4, 0.5) is 0 Å². The van der Waals surface area contributed by atoms with Crippen LogP contribution in [0.2, 0.25) is 0 Å². The normalized spacial score (nSPS) is 11.1. The van der Waals surface area contributed by atoms with Crippen molar-refractivity contribution in [2.45, 2.75) is 13.8 Å². The van der Waals surface area contributed by atoms with Gasteiger partial charge in [0, 0.05) is 37.5 Å². The molecule has 19 heavy (non-hydrogen) atoms. The molecule has 106 valence electrons. The second-order valence-electron chi connectivity index (χ2n) is 5.39. The fraction of sp³-hybridized carbons (Fsp3) is 0.571. The van der Waals surface area contributed by atoms with Crippen molar-refractivity contribution >= 4 is 5.91 Å². The van der Waals surface area contributed by atoms with E-state index in [0.29, 0.717) is 24.6 Å². The molecule has 1 N–H and O–H groups in total. The molecular weight excluding hydrogens is 242 g/mol. The van der Waals surface area contributed by atoms with E-state index in [-0.39, 0.29) is 11.5 Å². The average molecular weight is 265 g/mol. The second kappa shape index (κ2) is 7.09. The van der Waals surface area contributed by atoms with E-state index in [1.165, 1.54) is 12.3 Å². The van der Waals surface area contributed by atoms with Gasteiger partial charge in [0.15, 0.2) is 0 Å². The predicted octanol–water partition coefficient (Wildman–Crippen LogP) is 1.03. The number of aromatic amines is 1. The number of carbonyl (C=O) groups is 1. The molecule has 1 heterocycles. The van der Waals surface area contributed by atoms with E-state index in [2.05, 4.69) is 18.8 Å². The number of H-pyrrole nitrogens is 1. The van der Waals surface area contributed by atoms with Gasteiger partial charge in [-0.1, -0.05) is 13.8 Å². The minimum absolute atomic E-state index is 0.0818. The first kappa shape index (κ1) is 15.4. The Morgan fingerprint density at radius 3 is 2.53 bits per heavy atom. The molecule has 0 unspecified atom stereocenters. The SMILES string of the molecule is CC(C)CN(CCN(C)C)C(=O)c1cc[nH]c(=O)c1. The zero-order chi connectivity index (χ0) is 14.4. The van der Waals surface area contributed by atoms with Gasteiger partial charge in [-0.15, -0.1) is 0 Å². The first-order valence-corrected chi connectivity index (χ1v) is 6.53. The number of nitrogens with one attached hydrogen (secondary N) is 1. The molecule has 1 rings (SSSR count). The topological polar surface area (TPSA) is 56.4 Å². The lowest BCUT2D eigenvalue weighted by molar-refractivity contribution is 0.0724. The minimum atomic E-state index is -0.247. The zero-order valence-electron chi connectivity index (χ0n) is 12.1. The Bertz CT molecular complexity index is 466. The Hall–Kier alpha value is -1.62. The second-order valence-corrected chi connectivity index (χ2v) is 5.39. The average Bonchev–Trinajstić information content (AvgIpc) is 2.33. The lowest BCUT2D eigenvalue weighted by Crippen LogP contribution is -2.39. The molecule has 0 radical (unpaired) electrons. The maximum absolute atomic E-state index is 12.4. The number of nitrogens with zero attached hydrogens (tertiary/aromatic N) is 2. The van der Waals surface area contributed by atoms with Gasteiger partial charge in [-0.05, 0) is 26.1 Å². The van der Waals surface area contributed by atoms with Crippen LogP contribution in [-0.4, -0.2) is 54.4 Å². The number of hydrogen-bond acceptors (Lipinski definition) is 3. The Kier molecular flexibility index (Phi) is 5.76. The number of aromatic nitrogens is 1. The van der Waals surface area contributed by atoms with Crippen molar-refractivity contribution in [1.82, 2.24) is 14.8 Å². The highest BCUT2D eigenvalue weighted by Gasteiger charge is 2.17. The molecule has 1 amide bonds. The summed E-state index contributed by atoms with van der Waals surface area (Å²) in [7, 11) is 3.95. The van der Waals surface area contributed by atoms with Crippen LogP contribution in [0.5, 0.6) is 0 Å². The summed E-state index contributed by atoms with van der Waals surface area (Å²) in [5.41, 5.74) is 0.200. The molecule has 1 aromatic heterocycles. The number of pyridine rings is 1. The van der Waals surface area contributed by atoms with Crippen molar-refractivity contribution in [2.24, 2.45) is 5.92 Å². The van der Waals surface area contributed by atoms with Gasteiger partial charge >= 0.3 is 0 Å². The standard InChI is InChI=1S/C14H23N3O2/c1-11(2)10-17(8-7-16(3)4)14(19)12-5-6-15-13(18)9-12/h5-6,9,11H,7-8,10H2,1-4H3,(H,15,18). The molecule has 0 bridgehead atoms. The summed E-state index contributed by atoms with van der Waals surface area (Å²) in [6, 6.07) is 3.00. The Labute approximate surface area is 114 Å². The lowest BCUT2D eigenvalue weighted by Gasteiger charge is -2.26. The largest absolute Gasteiger partial charge is 0.337 e. The first-order valence-electron chi connectivity index (χ1n) is 6.53. The number of carbonyl (C=O) groups excluding carboxylic acids is 1. The number of likely N-dealkylation sites (N-methyl/N-ethyl adjacent to an activating group) is 1. The molecule has 0 saturated heterocycles. The highest BCUT2D eigenvalue weighted by molar-refractivity contribution is 5.94. The van der Waals surface area contributed by atoms with Crippen LogP contribution >= 0.6 is 0 Å². The highest BCUT2D eigenvalue weighted by Crippen LogP contribution is 2.06. The van der Waals surface area contributed by atoms with Gasteiger partial charge in [0.2, 0.25) is 5.56 Å². The summed E-state index contributed by atoms with van der Waals surface area (Å²) in [6.07, 6.45) is 1.51. The van der Waals surface area contributed by atoms with Gasteiger partial charge in [-0.2, -0.15) is 0 Å². The maximum Gasteiger partial charge on any atom is 0.254 e. The van der Waals surface area contributed by atoms with Crippen molar-refractivity contribution in [3.05, 3.63) is 34.2 Å². The third-order valence-corrected chi connectivity index (χ3v) is 2.71. The molecule has 0 saturated carbocycles. The quantitative estimate of drug-likeness (QED) is 0.836. The van der Waals surface area contributed by atoms with Crippen molar-refractivity contribution in [3.8, 4) is 0 Å². The maximum atomic E-state index is 12.4. The zero-order valence-corrected chi connectivity index (χ0v) is 12.1. The van der Waals surface area contributed by atoms with E-state index in [9.17, 15) is 9.59 Å². The van der Waals surface area contributed by atoms with Gasteiger partial charge in [-0.25, -0.2) is 0 Å². The summed E-state index contributed by atoms with van der Waals surface area (Å²) in [6.45, 7) is 6.32. The van der Waals surface area contributed by atoms with E-state index in [4.69, 9.17) is 0 Å². The monoisotopic (exact) mass is 265 g/mol. The Morgan fingerprint density at radius 1 is 1.32 bits per heavy atom. The summed E-state index contributed by atoms with van der Waals surface area (Å²) in [5, 5.41) is 0. The fourth-order valence-electron chi connectivity index (χ4n) is 1.80.